The molecule has 1 saturated heterocycles. The second kappa shape index (κ2) is 12.7. The molecule has 0 radical (unpaired) electrons. The van der Waals surface area contributed by atoms with Gasteiger partial charge in [-0.1, -0.05) is 17.7 Å². The normalized spacial score (nSPS) is 15.3. The Morgan fingerprint density at radius 2 is 1.87 bits per heavy atom. The Hall–Kier alpha value is -1.26. The Bertz CT molecular complexity index is 744. The molecule has 0 spiro atoms. The maximum absolute atomic E-state index is 12.3. The number of hydrogen-bond donors (Lipinski definition) is 2. The highest BCUT2D eigenvalue weighted by atomic mass is 127. The number of anilines is 1. The van der Waals surface area contributed by atoms with Crippen LogP contribution in [0.3, 0.4) is 0 Å². The van der Waals surface area contributed by atoms with Crippen molar-refractivity contribution in [2.75, 3.05) is 58.3 Å². The average Bonchev–Trinajstić information content (AvgIpc) is 2.64. The van der Waals surface area contributed by atoms with Gasteiger partial charge in [0.1, 0.15) is 0 Å². The number of carbonyl (C=O) groups is 1. The zero-order valence-corrected chi connectivity index (χ0v) is 22.8. The monoisotopic (exact) mass is 564 g/mol. The second-order valence-corrected chi connectivity index (χ2v) is 9.26. The van der Waals surface area contributed by atoms with E-state index in [4.69, 9.17) is 16.6 Å². The van der Waals surface area contributed by atoms with Crippen molar-refractivity contribution in [3.63, 3.8) is 0 Å². The maximum atomic E-state index is 12.3. The van der Waals surface area contributed by atoms with Gasteiger partial charge < -0.3 is 25.3 Å². The second-order valence-electron chi connectivity index (χ2n) is 8.85. The quantitative estimate of drug-likeness (QED) is 0.316. The van der Waals surface area contributed by atoms with Crippen LogP contribution in [0.4, 0.5) is 5.69 Å². The smallest absolute Gasteiger partial charge is 0.240 e. The van der Waals surface area contributed by atoms with Crippen molar-refractivity contribution >= 4 is 53.1 Å². The SMILES string of the molecule is CCNC(=NCc1c(Cl)cccc1N1CCN(C)CC1)N(C)CC(=O)NC(C)(C)C.I. The molecular weight excluding hydrogens is 527 g/mol. The minimum atomic E-state index is -0.262. The van der Waals surface area contributed by atoms with Crippen molar-refractivity contribution in [1.29, 1.82) is 0 Å². The Balaban J connectivity index is 0.00000480. The molecular formula is C22H38ClIN6O. The van der Waals surface area contributed by atoms with Gasteiger partial charge in [0, 0.05) is 61.6 Å². The van der Waals surface area contributed by atoms with Gasteiger partial charge in [0.25, 0.3) is 0 Å². The van der Waals surface area contributed by atoms with Crippen LogP contribution in [0.1, 0.15) is 33.3 Å². The van der Waals surface area contributed by atoms with Crippen molar-refractivity contribution in [1.82, 2.24) is 20.4 Å². The molecule has 176 valence electrons. The number of carbonyl (C=O) groups excluding carboxylic acids is 1. The van der Waals surface area contributed by atoms with E-state index < -0.39 is 0 Å². The van der Waals surface area contributed by atoms with Gasteiger partial charge in [0.2, 0.25) is 5.91 Å². The fourth-order valence-electron chi connectivity index (χ4n) is 3.42. The molecule has 0 atom stereocenters. The van der Waals surface area contributed by atoms with Gasteiger partial charge in [-0.05, 0) is 46.9 Å². The highest BCUT2D eigenvalue weighted by Gasteiger charge is 2.20. The summed E-state index contributed by atoms with van der Waals surface area (Å²) in [5, 5.41) is 6.99. The molecule has 9 heteroatoms. The summed E-state index contributed by atoms with van der Waals surface area (Å²) < 4.78 is 0. The van der Waals surface area contributed by atoms with Crippen LogP contribution in [-0.2, 0) is 11.3 Å². The van der Waals surface area contributed by atoms with Crippen LogP contribution in [0.25, 0.3) is 0 Å². The number of hydrogen-bond acceptors (Lipinski definition) is 4. The van der Waals surface area contributed by atoms with E-state index in [-0.39, 0.29) is 42.0 Å². The summed E-state index contributed by atoms with van der Waals surface area (Å²) in [5.74, 6) is 0.650. The summed E-state index contributed by atoms with van der Waals surface area (Å²) in [5.41, 5.74) is 1.90. The maximum Gasteiger partial charge on any atom is 0.240 e. The predicted molar refractivity (Wildman–Crippen MR) is 142 cm³/mol. The molecule has 2 rings (SSSR count). The third-order valence-corrected chi connectivity index (χ3v) is 5.27. The van der Waals surface area contributed by atoms with E-state index in [1.165, 1.54) is 0 Å². The van der Waals surface area contributed by atoms with Gasteiger partial charge in [-0.25, -0.2) is 4.99 Å². The van der Waals surface area contributed by atoms with Gasteiger partial charge in [-0.15, -0.1) is 24.0 Å². The molecule has 1 aliphatic heterocycles. The number of benzene rings is 1. The summed E-state index contributed by atoms with van der Waals surface area (Å²) in [7, 11) is 4.02. The Kier molecular flexibility index (Phi) is 11.4. The molecule has 31 heavy (non-hydrogen) atoms. The van der Waals surface area contributed by atoms with Crippen LogP contribution in [0.15, 0.2) is 23.2 Å². The lowest BCUT2D eigenvalue weighted by atomic mass is 10.1. The van der Waals surface area contributed by atoms with Crippen LogP contribution in [0.2, 0.25) is 5.02 Å². The van der Waals surface area contributed by atoms with E-state index in [2.05, 4.69) is 33.5 Å². The van der Waals surface area contributed by atoms with E-state index in [0.29, 0.717) is 12.5 Å². The number of nitrogens with one attached hydrogen (secondary N) is 2. The fourth-order valence-corrected chi connectivity index (χ4v) is 3.65. The molecule has 0 saturated carbocycles. The lowest BCUT2D eigenvalue weighted by Gasteiger charge is -2.35. The molecule has 0 bridgehead atoms. The largest absolute Gasteiger partial charge is 0.369 e. The number of piperazine rings is 1. The summed E-state index contributed by atoms with van der Waals surface area (Å²) in [6.07, 6.45) is 0. The molecule has 1 aromatic rings. The zero-order chi connectivity index (χ0) is 22.3. The Morgan fingerprint density at radius 3 is 2.45 bits per heavy atom. The van der Waals surface area contributed by atoms with Crippen molar-refractivity contribution in [2.24, 2.45) is 4.99 Å². The standard InChI is InChI=1S/C22H37ClN6O.HI/c1-7-24-21(28(6)16-20(30)26-22(2,3)4)25-15-17-18(23)9-8-10-19(17)29-13-11-27(5)12-14-29;/h8-10H,7,11-16H2,1-6H3,(H,24,25)(H,26,30);1H. The number of likely N-dealkylation sites (N-methyl/N-ethyl adjacent to an activating group) is 2. The van der Waals surface area contributed by atoms with E-state index in [1.807, 2.05) is 51.8 Å². The first-order valence-electron chi connectivity index (χ1n) is 10.6. The summed E-state index contributed by atoms with van der Waals surface area (Å²) in [6.45, 7) is 13.4. The van der Waals surface area contributed by atoms with Crippen molar-refractivity contribution in [3.8, 4) is 0 Å². The number of nitrogens with zero attached hydrogens (tertiary/aromatic N) is 4. The van der Waals surface area contributed by atoms with Crippen molar-refractivity contribution < 1.29 is 4.79 Å². The number of rotatable bonds is 6. The number of halogens is 2. The molecule has 1 heterocycles. The molecule has 2 N–H and O–H groups in total. The highest BCUT2D eigenvalue weighted by Crippen LogP contribution is 2.29. The molecule has 0 aliphatic carbocycles. The molecule has 1 aromatic carbocycles. The van der Waals surface area contributed by atoms with E-state index >= 15 is 0 Å². The third-order valence-electron chi connectivity index (χ3n) is 4.92. The van der Waals surface area contributed by atoms with Crippen molar-refractivity contribution in [3.05, 3.63) is 28.8 Å². The van der Waals surface area contributed by atoms with Gasteiger partial charge in [-0.2, -0.15) is 0 Å². The van der Waals surface area contributed by atoms with E-state index in [1.54, 1.807) is 0 Å². The van der Waals surface area contributed by atoms with E-state index in [0.717, 1.165) is 49.0 Å². The Labute approximate surface area is 209 Å². The summed E-state index contributed by atoms with van der Waals surface area (Å²) in [6, 6.07) is 6.03. The van der Waals surface area contributed by atoms with Gasteiger partial charge in [0.05, 0.1) is 13.1 Å². The van der Waals surface area contributed by atoms with Crippen LogP contribution < -0.4 is 15.5 Å². The molecule has 1 amide bonds. The van der Waals surface area contributed by atoms with Gasteiger partial charge in [-0.3, -0.25) is 4.79 Å². The fraction of sp³-hybridized carbons (Fsp3) is 0.636. The summed E-state index contributed by atoms with van der Waals surface area (Å²) in [4.78, 5) is 23.7. The molecule has 0 unspecified atom stereocenters. The predicted octanol–water partition coefficient (Wildman–Crippen LogP) is 3.02. The lowest BCUT2D eigenvalue weighted by molar-refractivity contribution is -0.122. The number of guanidine groups is 1. The molecule has 1 aliphatic rings. The highest BCUT2D eigenvalue weighted by molar-refractivity contribution is 14.0. The van der Waals surface area contributed by atoms with Crippen LogP contribution in [0.5, 0.6) is 0 Å². The van der Waals surface area contributed by atoms with E-state index in [9.17, 15) is 4.79 Å². The zero-order valence-electron chi connectivity index (χ0n) is 19.7. The topological polar surface area (TPSA) is 63.2 Å². The van der Waals surface area contributed by atoms with Crippen LogP contribution >= 0.6 is 35.6 Å². The third kappa shape index (κ3) is 9.02. The molecule has 7 nitrogen and oxygen atoms in total. The van der Waals surface area contributed by atoms with Gasteiger partial charge in [0.15, 0.2) is 5.96 Å². The minimum absolute atomic E-state index is 0. The first kappa shape index (κ1) is 27.8. The first-order chi connectivity index (χ1) is 14.1. The van der Waals surface area contributed by atoms with Gasteiger partial charge >= 0.3 is 0 Å². The number of amides is 1. The summed E-state index contributed by atoms with van der Waals surface area (Å²) >= 11 is 6.57. The minimum Gasteiger partial charge on any atom is -0.369 e. The van der Waals surface area contributed by atoms with Crippen LogP contribution in [-0.4, -0.2) is 80.6 Å². The first-order valence-corrected chi connectivity index (χ1v) is 11.0. The Morgan fingerprint density at radius 1 is 1.23 bits per heavy atom. The lowest BCUT2D eigenvalue weighted by Crippen LogP contribution is -2.48. The molecule has 1 fully saturated rings. The number of aliphatic imine (C=N–C) groups is 1. The molecule has 0 aromatic heterocycles. The average molecular weight is 565 g/mol. The van der Waals surface area contributed by atoms with Crippen molar-refractivity contribution in [2.45, 2.75) is 39.8 Å². The van der Waals surface area contributed by atoms with Crippen LogP contribution in [0, 0.1) is 0 Å².